The monoisotopic (exact) mass is 324 g/mol. The van der Waals surface area contributed by atoms with Gasteiger partial charge in [0.25, 0.3) is 0 Å². The number of benzene rings is 2. The molecule has 0 aliphatic carbocycles. The van der Waals surface area contributed by atoms with Crippen LogP contribution in [0.1, 0.15) is 35.3 Å². The minimum atomic E-state index is -0.116. The Balaban J connectivity index is 1.62. The molecule has 24 heavy (non-hydrogen) atoms. The first-order chi connectivity index (χ1) is 11.6. The summed E-state index contributed by atoms with van der Waals surface area (Å²) in [5, 5.41) is 6.07. The number of hydrogen-bond donors (Lipinski definition) is 2. The molecule has 0 aromatic heterocycles. The van der Waals surface area contributed by atoms with Gasteiger partial charge >= 0.3 is 0 Å². The molecule has 2 aromatic carbocycles. The molecule has 2 aromatic rings. The quantitative estimate of drug-likeness (QED) is 0.830. The average Bonchev–Trinajstić information content (AvgIpc) is 2.60. The fraction of sp³-hybridized carbons (Fsp3) is 0.263. The molecule has 0 radical (unpaired) electrons. The van der Waals surface area contributed by atoms with E-state index in [1.54, 1.807) is 18.2 Å². The molecular weight excluding hydrogens is 304 g/mol. The summed E-state index contributed by atoms with van der Waals surface area (Å²) in [6.45, 7) is 2.21. The van der Waals surface area contributed by atoms with Gasteiger partial charge in [0.1, 0.15) is 5.75 Å². The van der Waals surface area contributed by atoms with Crippen molar-refractivity contribution in [3.8, 4) is 5.75 Å². The molecule has 0 saturated carbocycles. The van der Waals surface area contributed by atoms with Crippen molar-refractivity contribution in [2.45, 2.75) is 19.4 Å². The van der Waals surface area contributed by atoms with Crippen LogP contribution in [0.3, 0.4) is 0 Å². The summed E-state index contributed by atoms with van der Waals surface area (Å²) in [5.41, 5.74) is 2.26. The lowest BCUT2D eigenvalue weighted by atomic mass is 10.0. The maximum absolute atomic E-state index is 12.3. The predicted molar refractivity (Wildman–Crippen MR) is 92.4 cm³/mol. The summed E-state index contributed by atoms with van der Waals surface area (Å²) in [4.78, 5) is 23.9. The first-order valence-electron chi connectivity index (χ1n) is 8.00. The number of hydrogen-bond acceptors (Lipinski definition) is 4. The largest absolute Gasteiger partial charge is 0.493 e. The maximum atomic E-state index is 12.3. The number of carbonyl (C=O) groups is 2. The molecule has 0 fully saturated rings. The third kappa shape index (κ3) is 3.56. The molecule has 0 bridgehead atoms. The Morgan fingerprint density at radius 2 is 1.88 bits per heavy atom. The standard InChI is InChI=1S/C19H20N2O3/c1-13(22)14-6-2-4-8-16(14)20-12-19(23)21-17-10-11-24-18-9-5-3-7-15(17)18/h2-9,17,20H,10-12H2,1H3,(H,21,23). The van der Waals surface area contributed by atoms with Crippen LogP contribution < -0.4 is 15.4 Å². The van der Waals surface area contributed by atoms with Crippen molar-refractivity contribution in [1.29, 1.82) is 0 Å². The third-order valence-electron chi connectivity index (χ3n) is 4.04. The van der Waals surface area contributed by atoms with Gasteiger partial charge in [0.2, 0.25) is 5.91 Å². The lowest BCUT2D eigenvalue weighted by molar-refractivity contribution is -0.120. The molecule has 1 atom stereocenters. The van der Waals surface area contributed by atoms with Crippen LogP contribution >= 0.6 is 0 Å². The summed E-state index contributed by atoms with van der Waals surface area (Å²) in [5.74, 6) is 0.677. The highest BCUT2D eigenvalue weighted by Gasteiger charge is 2.22. The SMILES string of the molecule is CC(=O)c1ccccc1NCC(=O)NC1CCOc2ccccc21. The molecular formula is C19H20N2O3. The van der Waals surface area contributed by atoms with Gasteiger partial charge in [-0.3, -0.25) is 9.59 Å². The first kappa shape index (κ1) is 16.1. The Bertz CT molecular complexity index is 758. The zero-order valence-electron chi connectivity index (χ0n) is 13.5. The van der Waals surface area contributed by atoms with Gasteiger partial charge in [0.15, 0.2) is 5.78 Å². The molecule has 3 rings (SSSR count). The number of fused-ring (bicyclic) bond motifs is 1. The molecule has 2 N–H and O–H groups in total. The molecule has 1 aliphatic heterocycles. The van der Waals surface area contributed by atoms with Crippen LogP contribution in [-0.2, 0) is 4.79 Å². The number of ether oxygens (including phenoxy) is 1. The number of ketones is 1. The predicted octanol–water partition coefficient (Wildman–Crippen LogP) is 2.94. The minimum absolute atomic E-state index is 0.0307. The lowest BCUT2D eigenvalue weighted by Gasteiger charge is -2.26. The molecule has 1 unspecified atom stereocenters. The van der Waals surface area contributed by atoms with Crippen LogP contribution in [0.5, 0.6) is 5.75 Å². The van der Waals surface area contributed by atoms with Gasteiger partial charge < -0.3 is 15.4 Å². The summed E-state index contributed by atoms with van der Waals surface area (Å²) in [6, 6.07) is 14.9. The Hall–Kier alpha value is -2.82. The lowest BCUT2D eigenvalue weighted by Crippen LogP contribution is -2.35. The molecule has 1 amide bonds. The summed E-state index contributed by atoms with van der Waals surface area (Å²) < 4.78 is 5.60. The number of amides is 1. The second-order valence-electron chi connectivity index (χ2n) is 5.75. The smallest absolute Gasteiger partial charge is 0.239 e. The van der Waals surface area contributed by atoms with Crippen LogP contribution in [0, 0.1) is 0 Å². The Labute approximate surface area is 141 Å². The van der Waals surface area contributed by atoms with Gasteiger partial charge in [-0.05, 0) is 25.1 Å². The second-order valence-corrected chi connectivity index (χ2v) is 5.75. The van der Waals surface area contributed by atoms with Gasteiger partial charge in [-0.1, -0.05) is 30.3 Å². The molecule has 0 saturated heterocycles. The van der Waals surface area contributed by atoms with Crippen molar-refractivity contribution in [3.05, 3.63) is 59.7 Å². The van der Waals surface area contributed by atoms with Gasteiger partial charge in [-0.2, -0.15) is 0 Å². The van der Waals surface area contributed by atoms with Crippen LogP contribution in [0.2, 0.25) is 0 Å². The van der Waals surface area contributed by atoms with E-state index >= 15 is 0 Å². The molecule has 0 spiro atoms. The summed E-state index contributed by atoms with van der Waals surface area (Å²) >= 11 is 0. The highest BCUT2D eigenvalue weighted by atomic mass is 16.5. The van der Waals surface area contributed by atoms with E-state index in [9.17, 15) is 9.59 Å². The minimum Gasteiger partial charge on any atom is -0.493 e. The Morgan fingerprint density at radius 3 is 2.71 bits per heavy atom. The Kier molecular flexibility index (Phi) is 4.79. The molecule has 5 heteroatoms. The Morgan fingerprint density at radius 1 is 1.12 bits per heavy atom. The van der Waals surface area contributed by atoms with Crippen LogP contribution in [0.4, 0.5) is 5.69 Å². The van der Waals surface area contributed by atoms with E-state index < -0.39 is 0 Å². The number of anilines is 1. The van der Waals surface area contributed by atoms with E-state index in [2.05, 4.69) is 10.6 Å². The highest BCUT2D eigenvalue weighted by molar-refractivity contribution is 6.00. The number of carbonyl (C=O) groups excluding carboxylic acids is 2. The van der Waals surface area contributed by atoms with Gasteiger partial charge in [0, 0.05) is 23.2 Å². The average molecular weight is 324 g/mol. The van der Waals surface area contributed by atoms with Crippen molar-refractivity contribution in [2.75, 3.05) is 18.5 Å². The molecule has 1 heterocycles. The van der Waals surface area contributed by atoms with E-state index in [0.717, 1.165) is 17.7 Å². The fourth-order valence-corrected chi connectivity index (χ4v) is 2.86. The van der Waals surface area contributed by atoms with Gasteiger partial charge in [0.05, 0.1) is 19.2 Å². The van der Waals surface area contributed by atoms with Crippen LogP contribution in [0.15, 0.2) is 48.5 Å². The van der Waals surface area contributed by atoms with E-state index in [-0.39, 0.29) is 24.3 Å². The van der Waals surface area contributed by atoms with Crippen molar-refractivity contribution in [1.82, 2.24) is 5.32 Å². The number of rotatable bonds is 5. The maximum Gasteiger partial charge on any atom is 0.239 e. The number of nitrogens with one attached hydrogen (secondary N) is 2. The van der Waals surface area contributed by atoms with Crippen molar-refractivity contribution in [2.24, 2.45) is 0 Å². The number of para-hydroxylation sites is 2. The van der Waals surface area contributed by atoms with Gasteiger partial charge in [-0.25, -0.2) is 0 Å². The van der Waals surface area contributed by atoms with Gasteiger partial charge in [-0.15, -0.1) is 0 Å². The zero-order chi connectivity index (χ0) is 16.9. The summed E-state index contributed by atoms with van der Waals surface area (Å²) in [6.07, 6.45) is 0.743. The highest BCUT2D eigenvalue weighted by Crippen LogP contribution is 2.31. The molecule has 1 aliphatic rings. The van der Waals surface area contributed by atoms with Crippen molar-refractivity contribution in [3.63, 3.8) is 0 Å². The van der Waals surface area contributed by atoms with E-state index in [1.807, 2.05) is 30.3 Å². The topological polar surface area (TPSA) is 67.4 Å². The van der Waals surface area contributed by atoms with E-state index in [1.165, 1.54) is 6.92 Å². The second kappa shape index (κ2) is 7.17. The normalized spacial score (nSPS) is 15.8. The fourth-order valence-electron chi connectivity index (χ4n) is 2.86. The third-order valence-corrected chi connectivity index (χ3v) is 4.04. The number of Topliss-reactive ketones (excluding diaryl/α,β-unsaturated/α-hetero) is 1. The molecule has 124 valence electrons. The van der Waals surface area contributed by atoms with Crippen LogP contribution in [0.25, 0.3) is 0 Å². The summed E-state index contributed by atoms with van der Waals surface area (Å²) in [7, 11) is 0. The van der Waals surface area contributed by atoms with E-state index in [0.29, 0.717) is 17.9 Å². The van der Waals surface area contributed by atoms with Crippen molar-refractivity contribution >= 4 is 17.4 Å². The van der Waals surface area contributed by atoms with Crippen LogP contribution in [-0.4, -0.2) is 24.8 Å². The van der Waals surface area contributed by atoms with E-state index in [4.69, 9.17) is 4.74 Å². The van der Waals surface area contributed by atoms with Crippen molar-refractivity contribution < 1.29 is 14.3 Å². The zero-order valence-corrected chi connectivity index (χ0v) is 13.5. The first-order valence-corrected chi connectivity index (χ1v) is 8.00. The molecule has 5 nitrogen and oxygen atoms in total.